The third-order valence-corrected chi connectivity index (χ3v) is 4.48. The summed E-state index contributed by atoms with van der Waals surface area (Å²) >= 11 is 3.31. The van der Waals surface area contributed by atoms with E-state index in [0.29, 0.717) is 19.6 Å². The molecule has 0 unspecified atom stereocenters. The molecule has 0 saturated carbocycles. The van der Waals surface area contributed by atoms with Crippen LogP contribution in [0.25, 0.3) is 0 Å². The van der Waals surface area contributed by atoms with Gasteiger partial charge in [0.25, 0.3) is 0 Å². The Morgan fingerprint density at radius 2 is 2.11 bits per heavy atom. The third kappa shape index (κ3) is 5.43. The molecule has 0 spiro atoms. The summed E-state index contributed by atoms with van der Waals surface area (Å²) in [6.45, 7) is 2.85. The van der Waals surface area contributed by atoms with Crippen LogP contribution in [0.1, 0.15) is 12.5 Å². The van der Waals surface area contributed by atoms with Gasteiger partial charge in [-0.25, -0.2) is 17.5 Å². The van der Waals surface area contributed by atoms with Gasteiger partial charge in [-0.1, -0.05) is 22.9 Å². The van der Waals surface area contributed by atoms with Crippen LogP contribution in [0.3, 0.4) is 0 Å². The first-order chi connectivity index (χ1) is 8.44. The van der Waals surface area contributed by atoms with Crippen molar-refractivity contribution in [2.24, 2.45) is 0 Å². The van der Waals surface area contributed by atoms with Crippen LogP contribution in [-0.4, -0.2) is 27.3 Å². The Morgan fingerprint density at radius 3 is 2.78 bits per heavy atom. The summed E-state index contributed by atoms with van der Waals surface area (Å²) in [5, 5.41) is 2.97. The number of hydrogen-bond donors (Lipinski definition) is 2. The van der Waals surface area contributed by atoms with Crippen molar-refractivity contribution in [1.29, 1.82) is 0 Å². The lowest BCUT2D eigenvalue weighted by atomic mass is 10.2. The van der Waals surface area contributed by atoms with E-state index in [1.807, 2.05) is 0 Å². The normalized spacial score (nSPS) is 11.7. The molecule has 0 fully saturated rings. The van der Waals surface area contributed by atoms with Crippen LogP contribution in [0.2, 0.25) is 0 Å². The Kier molecular flexibility index (Phi) is 6.20. The van der Waals surface area contributed by atoms with E-state index < -0.39 is 10.0 Å². The van der Waals surface area contributed by atoms with E-state index in [1.54, 1.807) is 13.0 Å². The summed E-state index contributed by atoms with van der Waals surface area (Å²) in [7, 11) is -3.20. The average Bonchev–Trinajstić information content (AvgIpc) is 2.29. The molecule has 0 aliphatic rings. The molecular formula is C11H16BrFN2O2S. The molecule has 1 rings (SSSR count). The van der Waals surface area contributed by atoms with Crippen molar-refractivity contribution in [1.82, 2.24) is 10.0 Å². The smallest absolute Gasteiger partial charge is 0.212 e. The summed E-state index contributed by atoms with van der Waals surface area (Å²) in [5.41, 5.74) is 0.760. The fourth-order valence-electron chi connectivity index (χ4n) is 1.40. The highest BCUT2D eigenvalue weighted by Crippen LogP contribution is 2.17. The van der Waals surface area contributed by atoms with Crippen LogP contribution in [0.15, 0.2) is 22.7 Å². The van der Waals surface area contributed by atoms with E-state index in [-0.39, 0.29) is 11.6 Å². The molecule has 0 aliphatic carbocycles. The Morgan fingerprint density at radius 1 is 1.39 bits per heavy atom. The van der Waals surface area contributed by atoms with E-state index in [4.69, 9.17) is 0 Å². The van der Waals surface area contributed by atoms with Gasteiger partial charge in [0.05, 0.1) is 5.75 Å². The molecule has 102 valence electrons. The van der Waals surface area contributed by atoms with Crippen LogP contribution < -0.4 is 10.0 Å². The number of halogens is 2. The molecule has 1 aromatic carbocycles. The Bertz CT molecular complexity index is 494. The molecule has 0 radical (unpaired) electrons. The van der Waals surface area contributed by atoms with E-state index >= 15 is 0 Å². The standard InChI is InChI=1S/C11H16BrFN2O2S/c1-2-15-18(16,17)6-5-14-8-9-7-10(13)3-4-11(9)12/h3-4,7,14-15H,2,5-6,8H2,1H3. The molecule has 18 heavy (non-hydrogen) atoms. The van der Waals surface area contributed by atoms with E-state index in [9.17, 15) is 12.8 Å². The number of rotatable bonds is 7. The zero-order valence-corrected chi connectivity index (χ0v) is 12.4. The zero-order chi connectivity index (χ0) is 13.6. The second kappa shape index (κ2) is 7.18. The maximum absolute atomic E-state index is 13.0. The van der Waals surface area contributed by atoms with Crippen molar-refractivity contribution in [2.75, 3.05) is 18.8 Å². The SMILES string of the molecule is CCNS(=O)(=O)CCNCc1cc(F)ccc1Br. The van der Waals surface area contributed by atoms with Crippen LogP contribution in [0, 0.1) is 5.82 Å². The van der Waals surface area contributed by atoms with Gasteiger partial charge in [0.15, 0.2) is 0 Å². The maximum Gasteiger partial charge on any atom is 0.212 e. The number of benzene rings is 1. The average molecular weight is 339 g/mol. The molecular weight excluding hydrogens is 323 g/mol. The van der Waals surface area contributed by atoms with Gasteiger partial charge in [0, 0.05) is 24.1 Å². The van der Waals surface area contributed by atoms with E-state index in [2.05, 4.69) is 26.0 Å². The summed E-state index contributed by atoms with van der Waals surface area (Å²) in [5.74, 6) is -0.302. The van der Waals surface area contributed by atoms with Crippen molar-refractivity contribution >= 4 is 26.0 Å². The molecule has 1 aromatic rings. The highest BCUT2D eigenvalue weighted by atomic mass is 79.9. The second-order valence-corrected chi connectivity index (χ2v) is 6.51. The quantitative estimate of drug-likeness (QED) is 0.742. The van der Waals surface area contributed by atoms with Crippen molar-refractivity contribution in [3.63, 3.8) is 0 Å². The first kappa shape index (κ1) is 15.6. The molecule has 0 heterocycles. The van der Waals surface area contributed by atoms with Crippen molar-refractivity contribution in [3.05, 3.63) is 34.1 Å². The minimum Gasteiger partial charge on any atom is -0.312 e. The minimum atomic E-state index is -3.20. The fourth-order valence-corrected chi connectivity index (χ4v) is 2.78. The van der Waals surface area contributed by atoms with Gasteiger partial charge in [0.1, 0.15) is 5.82 Å². The highest BCUT2D eigenvalue weighted by molar-refractivity contribution is 9.10. The fraction of sp³-hybridized carbons (Fsp3) is 0.455. The lowest BCUT2D eigenvalue weighted by Crippen LogP contribution is -2.31. The monoisotopic (exact) mass is 338 g/mol. The lowest BCUT2D eigenvalue weighted by Gasteiger charge is -2.08. The molecule has 0 aromatic heterocycles. The van der Waals surface area contributed by atoms with Crippen LogP contribution in [-0.2, 0) is 16.6 Å². The summed E-state index contributed by atoms with van der Waals surface area (Å²) in [4.78, 5) is 0. The number of nitrogens with one attached hydrogen (secondary N) is 2. The molecule has 0 amide bonds. The number of sulfonamides is 1. The van der Waals surface area contributed by atoms with Gasteiger partial charge >= 0.3 is 0 Å². The Hall–Kier alpha value is -0.500. The second-order valence-electron chi connectivity index (χ2n) is 3.73. The van der Waals surface area contributed by atoms with Gasteiger partial charge in [0.2, 0.25) is 10.0 Å². The highest BCUT2D eigenvalue weighted by Gasteiger charge is 2.07. The van der Waals surface area contributed by atoms with Crippen LogP contribution >= 0.6 is 15.9 Å². The Balaban J connectivity index is 2.40. The third-order valence-electron chi connectivity index (χ3n) is 2.24. The summed E-state index contributed by atoms with van der Waals surface area (Å²) in [6.07, 6.45) is 0. The molecule has 4 nitrogen and oxygen atoms in total. The predicted octanol–water partition coefficient (Wildman–Crippen LogP) is 1.62. The molecule has 0 saturated heterocycles. The molecule has 0 atom stereocenters. The minimum absolute atomic E-state index is 0.00771. The summed E-state index contributed by atoms with van der Waals surface area (Å²) < 4.78 is 38.9. The summed E-state index contributed by atoms with van der Waals surface area (Å²) in [6, 6.07) is 4.40. The number of hydrogen-bond acceptors (Lipinski definition) is 3. The molecule has 7 heteroatoms. The van der Waals surface area contributed by atoms with Gasteiger partial charge in [-0.05, 0) is 23.8 Å². The van der Waals surface area contributed by atoms with E-state index in [1.165, 1.54) is 12.1 Å². The predicted molar refractivity (Wildman–Crippen MR) is 73.3 cm³/mol. The van der Waals surface area contributed by atoms with E-state index in [0.717, 1.165) is 10.0 Å². The van der Waals surface area contributed by atoms with Gasteiger partial charge in [-0.2, -0.15) is 0 Å². The first-order valence-electron chi connectivity index (χ1n) is 5.56. The van der Waals surface area contributed by atoms with Crippen molar-refractivity contribution in [2.45, 2.75) is 13.5 Å². The van der Waals surface area contributed by atoms with Crippen molar-refractivity contribution < 1.29 is 12.8 Å². The maximum atomic E-state index is 13.0. The molecule has 0 aliphatic heterocycles. The van der Waals surface area contributed by atoms with Crippen molar-refractivity contribution in [3.8, 4) is 0 Å². The molecule has 2 N–H and O–H groups in total. The Labute approximate surface area is 115 Å². The lowest BCUT2D eigenvalue weighted by molar-refractivity contribution is 0.578. The largest absolute Gasteiger partial charge is 0.312 e. The first-order valence-corrected chi connectivity index (χ1v) is 8.01. The van der Waals surface area contributed by atoms with Gasteiger partial charge in [-0.3, -0.25) is 0 Å². The topological polar surface area (TPSA) is 58.2 Å². The molecule has 0 bridgehead atoms. The van der Waals surface area contributed by atoms with Crippen LogP contribution in [0.4, 0.5) is 4.39 Å². The van der Waals surface area contributed by atoms with Crippen LogP contribution in [0.5, 0.6) is 0 Å². The van der Waals surface area contributed by atoms with Gasteiger partial charge in [-0.15, -0.1) is 0 Å². The zero-order valence-electron chi connectivity index (χ0n) is 10.0. The van der Waals surface area contributed by atoms with Gasteiger partial charge < -0.3 is 5.32 Å².